The molecule has 4 heterocycles. The summed E-state index contributed by atoms with van der Waals surface area (Å²) in [7, 11) is 0. The molecule has 0 unspecified atom stereocenters. The third kappa shape index (κ3) is 14.1. The Balaban J connectivity index is 0.811. The number of thiazole rings is 1. The van der Waals surface area contributed by atoms with E-state index in [0.717, 1.165) is 64.1 Å². The summed E-state index contributed by atoms with van der Waals surface area (Å²) in [5.41, 5.74) is 11.8. The van der Waals surface area contributed by atoms with E-state index in [1.807, 2.05) is 99.9 Å². The number of carbonyl (C=O) groups excluding carboxylic acids is 7. The van der Waals surface area contributed by atoms with Crippen LogP contribution in [0.4, 0.5) is 10.5 Å². The Kier molecular flexibility index (Phi) is 17.7. The fourth-order valence-electron chi connectivity index (χ4n) is 10.8. The number of unbranched alkanes of at least 4 members (excludes halogenated alkanes) is 2. The maximum atomic E-state index is 14.3. The number of hydrogen-bond donors (Lipinski definition) is 6. The summed E-state index contributed by atoms with van der Waals surface area (Å²) in [6.45, 7) is 12.8. The van der Waals surface area contributed by atoms with E-state index < -0.39 is 82.6 Å². The van der Waals surface area contributed by atoms with E-state index in [-0.39, 0.29) is 57.1 Å². The number of nitrogens with zero attached hydrogens (tertiary/aromatic N) is 3. The Labute approximate surface area is 461 Å². The molecule has 4 aliphatic rings. The number of carbonyl (C=O) groups is 7. The van der Waals surface area contributed by atoms with Gasteiger partial charge in [-0.3, -0.25) is 33.7 Å². The molecule has 0 radical (unpaired) electrons. The first-order valence-corrected chi connectivity index (χ1v) is 28.2. The second kappa shape index (κ2) is 24.0. The number of rotatable bonds is 21. The number of alkyl carbamates (subject to hydrolysis) is 1. The first kappa shape index (κ1) is 57.3. The third-order valence-electron chi connectivity index (χ3n) is 15.0. The Morgan fingerprint density at radius 3 is 2.31 bits per heavy atom. The van der Waals surface area contributed by atoms with Crippen LogP contribution in [0.25, 0.3) is 10.4 Å². The number of ether oxygens (including phenoxy) is 2. The van der Waals surface area contributed by atoms with Gasteiger partial charge in [-0.2, -0.15) is 0 Å². The normalized spacial score (nSPS) is 20.2. The largest absolute Gasteiger partial charge is 0.491 e. The molecule has 3 aromatic carbocycles. The number of nitrogens with one attached hydrogen (secondary N) is 4. The van der Waals surface area contributed by atoms with E-state index in [0.29, 0.717) is 37.1 Å². The molecule has 7 amide bonds. The van der Waals surface area contributed by atoms with Crippen molar-refractivity contribution in [3.05, 3.63) is 100 Å². The van der Waals surface area contributed by atoms with Crippen LogP contribution < -0.4 is 36.6 Å². The van der Waals surface area contributed by atoms with Crippen LogP contribution in [-0.2, 0) is 58.3 Å². The first-order chi connectivity index (χ1) is 37.0. The zero-order valence-electron chi connectivity index (χ0n) is 45.9. The minimum Gasteiger partial charge on any atom is -0.491 e. The lowest BCUT2D eigenvalue weighted by Crippen LogP contribution is -2.58. The van der Waals surface area contributed by atoms with Crippen molar-refractivity contribution in [2.24, 2.45) is 11.1 Å². The topological polar surface area (TPSA) is 252 Å². The number of likely N-dealkylation sites (tertiary alicyclic amines) is 1. The molecule has 1 saturated heterocycles. The van der Waals surface area contributed by atoms with Gasteiger partial charge in [0, 0.05) is 32.2 Å². The number of amides is 7. The highest BCUT2D eigenvalue weighted by atomic mass is 32.1. The number of para-hydroxylation sites is 1. The van der Waals surface area contributed by atoms with Crippen molar-refractivity contribution in [2.45, 2.75) is 179 Å². The van der Waals surface area contributed by atoms with Crippen LogP contribution in [0.5, 0.6) is 5.75 Å². The number of nitrogens with two attached hydrogens (primary N) is 1. The van der Waals surface area contributed by atoms with Crippen molar-refractivity contribution >= 4 is 58.6 Å². The minimum atomic E-state index is -0.927. The van der Waals surface area contributed by atoms with E-state index >= 15 is 0 Å². The predicted molar refractivity (Wildman–Crippen MR) is 296 cm³/mol. The summed E-state index contributed by atoms with van der Waals surface area (Å²) >= 11 is 1.58. The molecule has 19 heteroatoms. The van der Waals surface area contributed by atoms with Crippen LogP contribution in [0.1, 0.15) is 134 Å². The highest BCUT2D eigenvalue weighted by Gasteiger charge is 2.50. The molecule has 418 valence electrons. The lowest BCUT2D eigenvalue weighted by molar-refractivity contribution is -0.144. The summed E-state index contributed by atoms with van der Waals surface area (Å²) in [6.07, 6.45) is 4.30. The van der Waals surface area contributed by atoms with Gasteiger partial charge < -0.3 is 46.5 Å². The number of benzene rings is 3. The average molecular weight is 1090 g/mol. The van der Waals surface area contributed by atoms with Crippen LogP contribution in [0, 0.1) is 12.3 Å². The summed E-state index contributed by atoms with van der Waals surface area (Å²) in [4.78, 5) is 103. The molecule has 1 saturated carbocycles. The molecule has 0 spiro atoms. The zero-order chi connectivity index (χ0) is 56.1. The van der Waals surface area contributed by atoms with Crippen LogP contribution in [0.15, 0.2) is 72.2 Å². The van der Waals surface area contributed by atoms with Crippen LogP contribution in [0.3, 0.4) is 0 Å². The maximum Gasteiger partial charge on any atom is 0.408 e. The van der Waals surface area contributed by atoms with Crippen LogP contribution >= 0.6 is 11.3 Å². The highest BCUT2D eigenvalue weighted by molar-refractivity contribution is 7.13. The maximum absolute atomic E-state index is 14.3. The molecule has 0 bridgehead atoms. The van der Waals surface area contributed by atoms with E-state index in [9.17, 15) is 38.7 Å². The first-order valence-electron chi connectivity index (χ1n) is 27.3. The van der Waals surface area contributed by atoms with Crippen molar-refractivity contribution in [2.75, 3.05) is 18.1 Å². The lowest BCUT2D eigenvalue weighted by atomic mass is 9.85. The number of aliphatic hydroxyl groups is 1. The van der Waals surface area contributed by atoms with E-state index in [1.54, 1.807) is 32.1 Å². The number of β-amino-alcohol motifs (C(OH)–C–C–N with tert-alkyl or cyclic N) is 1. The van der Waals surface area contributed by atoms with Gasteiger partial charge in [-0.05, 0) is 124 Å². The number of primary amides is 1. The molecule has 7 N–H and O–H groups in total. The van der Waals surface area contributed by atoms with Gasteiger partial charge in [0.25, 0.3) is 0 Å². The standard InChI is InChI=1S/C59H76N8O10S/c1-35-50(78-34-61-35)38-19-22-40(23-20-38)59(27-28-59)65-53(72)45-31-42(68)32-66(45)55(74)51(57(2,3)4)64-48(70)18-10-8-9-13-36-14-11-17-43(29-36)76-33-41(24-26-47(60)69)62-52(71)46-30-39-16-12-15-37-21-25-44(54(73)67(46)49(37)39)63-56(75)77-58(5,6)7/h11-12,14-17,19-20,22-23,29,34,41-42,44-46,51,68H,8-10,13,18,21,24-28,30-33H2,1-7H3,(H2,60,69)(H,62,71)(H,63,75)(H,64,70)(H,65,72)/t41-,42+,44-,45-,46-,51+/m0/s1. The Bertz CT molecular complexity index is 2870. The Hall–Kier alpha value is -6.86. The van der Waals surface area contributed by atoms with E-state index in [1.165, 1.54) is 9.80 Å². The number of aromatic nitrogens is 1. The van der Waals surface area contributed by atoms with Crippen LogP contribution in [-0.4, -0.2) is 112 Å². The Morgan fingerprint density at radius 1 is 0.897 bits per heavy atom. The third-order valence-corrected chi connectivity index (χ3v) is 16.0. The summed E-state index contributed by atoms with van der Waals surface area (Å²) in [5, 5.41) is 22.8. The van der Waals surface area contributed by atoms with Gasteiger partial charge in [-0.25, -0.2) is 9.78 Å². The van der Waals surface area contributed by atoms with Gasteiger partial charge in [0.2, 0.25) is 35.4 Å². The van der Waals surface area contributed by atoms with E-state index in [4.69, 9.17) is 15.2 Å². The molecule has 1 aromatic heterocycles. The second-order valence-electron chi connectivity index (χ2n) is 23.5. The smallest absolute Gasteiger partial charge is 0.408 e. The summed E-state index contributed by atoms with van der Waals surface area (Å²) in [5.74, 6) is -1.80. The van der Waals surface area contributed by atoms with Crippen molar-refractivity contribution < 1.29 is 48.1 Å². The number of anilines is 1. The number of hydrogen-bond acceptors (Lipinski definition) is 12. The highest BCUT2D eigenvalue weighted by Crippen LogP contribution is 2.47. The van der Waals surface area contributed by atoms with Crippen LogP contribution in [0.2, 0.25) is 0 Å². The molecule has 6 atom stereocenters. The van der Waals surface area contributed by atoms with Crippen molar-refractivity contribution in [3.63, 3.8) is 0 Å². The van der Waals surface area contributed by atoms with Gasteiger partial charge in [-0.15, -0.1) is 11.3 Å². The van der Waals surface area contributed by atoms with Gasteiger partial charge in [0.05, 0.1) is 39.5 Å². The molecular weight excluding hydrogens is 1010 g/mol. The zero-order valence-corrected chi connectivity index (χ0v) is 46.8. The summed E-state index contributed by atoms with van der Waals surface area (Å²) < 4.78 is 11.7. The molecular formula is C59H76N8O10S. The molecule has 4 aromatic rings. The average Bonchev–Trinajstić information content (AvgIpc) is 3.77. The van der Waals surface area contributed by atoms with Gasteiger partial charge in [-0.1, -0.05) is 81.8 Å². The van der Waals surface area contributed by atoms with Gasteiger partial charge in [0.15, 0.2) is 0 Å². The Morgan fingerprint density at radius 2 is 1.63 bits per heavy atom. The van der Waals surface area contributed by atoms with E-state index in [2.05, 4.69) is 26.3 Å². The fraction of sp³-hybridized carbons (Fsp3) is 0.525. The number of aliphatic hydroxyl groups excluding tert-OH is 1. The number of aryl methyl sites for hydroxylation is 3. The molecule has 3 aliphatic heterocycles. The molecule has 2 fully saturated rings. The van der Waals surface area contributed by atoms with Gasteiger partial charge in [0.1, 0.15) is 42.1 Å². The SMILES string of the molecule is Cc1ncsc1-c1ccc(C2(NC(=O)[C@@H]3C[C@@H](O)CN3C(=O)[C@@H](NC(=O)CCCCCc3cccc(OC[C@H](CCC(N)=O)NC(=O)[C@@H]4Cc5cccc6c5N4C(=O)[C@@H](NC(=O)OC(C)(C)C)CC6)c3)C(C)(C)C)CC2)cc1. The fourth-order valence-corrected chi connectivity index (χ4v) is 11.6. The monoisotopic (exact) mass is 1090 g/mol. The van der Waals surface area contributed by atoms with Gasteiger partial charge >= 0.3 is 6.09 Å². The molecule has 8 rings (SSSR count). The molecule has 78 heavy (non-hydrogen) atoms. The van der Waals surface area contributed by atoms with Crippen molar-refractivity contribution in [1.29, 1.82) is 0 Å². The minimum absolute atomic E-state index is 0.00635. The second-order valence-corrected chi connectivity index (χ2v) is 24.4. The summed E-state index contributed by atoms with van der Waals surface area (Å²) in [6, 6.07) is 17.2. The van der Waals surface area contributed by atoms with Crippen molar-refractivity contribution in [1.82, 2.24) is 31.2 Å². The quantitative estimate of drug-likeness (QED) is 0.0495. The predicted octanol–water partition coefficient (Wildman–Crippen LogP) is 6.45. The molecule has 18 nitrogen and oxygen atoms in total. The lowest BCUT2D eigenvalue weighted by Gasteiger charge is -2.35. The molecule has 1 aliphatic carbocycles. The van der Waals surface area contributed by atoms with Crippen molar-refractivity contribution in [3.8, 4) is 16.2 Å².